The number of carbonyl (C=O) groups is 1. The number of carboxylic acids is 1. The molecular formula is C30H48O4. The van der Waals surface area contributed by atoms with Gasteiger partial charge in [0.2, 0.25) is 0 Å². The highest BCUT2D eigenvalue weighted by atomic mass is 16.4. The molecule has 0 aromatic heterocycles. The van der Waals surface area contributed by atoms with Crippen molar-refractivity contribution in [2.24, 2.45) is 56.7 Å². The van der Waals surface area contributed by atoms with E-state index in [0.29, 0.717) is 30.6 Å². The molecule has 0 unspecified atom stereocenters. The van der Waals surface area contributed by atoms with Crippen LogP contribution in [0.25, 0.3) is 0 Å². The first-order valence-electron chi connectivity index (χ1n) is 13.9. The highest BCUT2D eigenvalue weighted by molar-refractivity contribution is 5.76. The van der Waals surface area contributed by atoms with Crippen molar-refractivity contribution in [1.29, 1.82) is 0 Å². The Hall–Kier alpha value is -0.870. The van der Waals surface area contributed by atoms with Crippen LogP contribution in [0.15, 0.2) is 12.2 Å². The number of hydrogen-bond donors (Lipinski definition) is 3. The van der Waals surface area contributed by atoms with Crippen LogP contribution in [0.4, 0.5) is 0 Å². The molecule has 4 fully saturated rings. The van der Waals surface area contributed by atoms with Crippen LogP contribution in [0.5, 0.6) is 0 Å². The molecule has 4 saturated carbocycles. The lowest BCUT2D eigenvalue weighted by molar-refractivity contribution is -0.277. The van der Waals surface area contributed by atoms with Gasteiger partial charge in [-0.25, -0.2) is 0 Å². The van der Waals surface area contributed by atoms with Crippen molar-refractivity contribution in [3.63, 3.8) is 0 Å². The predicted molar refractivity (Wildman–Crippen MR) is 134 cm³/mol. The van der Waals surface area contributed by atoms with Crippen molar-refractivity contribution in [3.05, 3.63) is 12.2 Å². The van der Waals surface area contributed by atoms with Gasteiger partial charge in [-0.15, -0.1) is 0 Å². The van der Waals surface area contributed by atoms with Crippen molar-refractivity contribution in [2.45, 2.75) is 112 Å². The number of aliphatic hydroxyl groups excluding tert-OH is 1. The van der Waals surface area contributed by atoms with Gasteiger partial charge in [0.1, 0.15) is 0 Å². The monoisotopic (exact) mass is 472 g/mol. The Morgan fingerprint density at radius 1 is 0.912 bits per heavy atom. The normalized spacial score (nSPS) is 58.1. The molecule has 0 radical (unpaired) electrons. The van der Waals surface area contributed by atoms with Crippen LogP contribution in [0, 0.1) is 56.7 Å². The molecule has 0 aromatic rings. The third-order valence-corrected chi connectivity index (χ3v) is 13.6. The molecular weight excluding hydrogens is 424 g/mol. The van der Waals surface area contributed by atoms with Gasteiger partial charge in [0, 0.05) is 11.3 Å². The highest BCUT2D eigenvalue weighted by Crippen LogP contribution is 2.76. The second-order valence-electron chi connectivity index (χ2n) is 14.7. The summed E-state index contributed by atoms with van der Waals surface area (Å²) in [6.07, 6.45) is 11.1. The third-order valence-electron chi connectivity index (χ3n) is 13.6. The van der Waals surface area contributed by atoms with Gasteiger partial charge < -0.3 is 15.3 Å². The SMILES string of the molecule is C[C@H]1[C@H](C)CC[C@]2(C(=O)O)CC[C@]3(C)[C@](O)(C=C[C@@H]4[C@@]5(C)CC[C@@H](O)C(C)(C)[C@@H]5CC[C@]43C)[C@H]12. The summed E-state index contributed by atoms with van der Waals surface area (Å²) in [5.74, 6) is 0.378. The topological polar surface area (TPSA) is 77.8 Å². The molecule has 11 atom stereocenters. The van der Waals surface area contributed by atoms with Gasteiger partial charge in [-0.1, -0.05) is 60.6 Å². The van der Waals surface area contributed by atoms with Crippen molar-refractivity contribution >= 4 is 5.97 Å². The van der Waals surface area contributed by atoms with E-state index in [-0.39, 0.29) is 39.6 Å². The fraction of sp³-hybridized carbons (Fsp3) is 0.900. The maximum Gasteiger partial charge on any atom is 0.310 e. The Kier molecular flexibility index (Phi) is 5.20. The largest absolute Gasteiger partial charge is 0.481 e. The molecule has 0 aromatic carbocycles. The van der Waals surface area contributed by atoms with Gasteiger partial charge >= 0.3 is 5.97 Å². The maximum atomic E-state index is 12.8. The number of rotatable bonds is 1. The highest BCUT2D eigenvalue weighted by Gasteiger charge is 2.75. The van der Waals surface area contributed by atoms with Crippen molar-refractivity contribution in [2.75, 3.05) is 0 Å². The van der Waals surface area contributed by atoms with E-state index in [0.717, 1.165) is 38.5 Å². The minimum atomic E-state index is -1.12. The van der Waals surface area contributed by atoms with Crippen molar-refractivity contribution in [3.8, 4) is 0 Å². The molecule has 0 bridgehead atoms. The zero-order valence-electron chi connectivity index (χ0n) is 22.5. The number of aliphatic hydroxyl groups is 2. The van der Waals surface area contributed by atoms with Crippen LogP contribution in [0.1, 0.15) is 99.8 Å². The summed E-state index contributed by atoms with van der Waals surface area (Å²) in [7, 11) is 0. The standard InChI is InChI=1S/C30H48O4/c1-18-8-14-29(24(32)33)17-16-28(7)27(6)13-9-20-25(3,4)22(31)11-12-26(20,5)21(27)10-15-30(28,34)23(29)19(18)2/h10,15,18-23,31,34H,8-9,11-14,16-17H2,1-7H3,(H,32,33)/t18-,19+,20+,21-,22-,23-,26+,27-,28+,29+,30+/m1/s1. The van der Waals surface area contributed by atoms with E-state index in [1.165, 1.54) is 0 Å². The fourth-order valence-electron chi connectivity index (χ4n) is 11.0. The molecule has 4 heteroatoms. The third kappa shape index (κ3) is 2.61. The molecule has 0 amide bonds. The number of carboxylic acid groups (broad SMARTS) is 1. The lowest BCUT2D eigenvalue weighted by atomic mass is 9.31. The lowest BCUT2D eigenvalue weighted by Crippen LogP contribution is -2.74. The lowest BCUT2D eigenvalue weighted by Gasteiger charge is -2.74. The van der Waals surface area contributed by atoms with Crippen LogP contribution in [0.2, 0.25) is 0 Å². The summed E-state index contributed by atoms with van der Waals surface area (Å²) >= 11 is 0. The molecule has 192 valence electrons. The second kappa shape index (κ2) is 7.12. The molecule has 5 rings (SSSR count). The molecule has 0 spiro atoms. The van der Waals surface area contributed by atoms with E-state index in [4.69, 9.17) is 0 Å². The minimum Gasteiger partial charge on any atom is -0.481 e. The van der Waals surface area contributed by atoms with Crippen LogP contribution in [-0.2, 0) is 4.79 Å². The summed E-state index contributed by atoms with van der Waals surface area (Å²) in [6, 6.07) is 0. The quantitative estimate of drug-likeness (QED) is 0.405. The fourth-order valence-corrected chi connectivity index (χ4v) is 11.0. The van der Waals surface area contributed by atoms with E-state index in [1.54, 1.807) is 0 Å². The Labute approximate surface area is 206 Å². The van der Waals surface area contributed by atoms with E-state index < -0.39 is 17.0 Å². The summed E-state index contributed by atoms with van der Waals surface area (Å²) < 4.78 is 0. The molecule has 5 aliphatic rings. The summed E-state index contributed by atoms with van der Waals surface area (Å²) in [5, 5.41) is 34.2. The number of allylic oxidation sites excluding steroid dienone is 1. The zero-order chi connectivity index (χ0) is 25.1. The first-order valence-corrected chi connectivity index (χ1v) is 13.9. The van der Waals surface area contributed by atoms with Gasteiger partial charge in [0.05, 0.1) is 17.1 Å². The van der Waals surface area contributed by atoms with Crippen LogP contribution < -0.4 is 0 Å². The summed E-state index contributed by atoms with van der Waals surface area (Å²) in [6.45, 7) is 16.1. The van der Waals surface area contributed by atoms with Crippen LogP contribution in [-0.4, -0.2) is 33.0 Å². The van der Waals surface area contributed by atoms with Gasteiger partial charge in [-0.3, -0.25) is 4.79 Å². The smallest absolute Gasteiger partial charge is 0.310 e. The molecule has 0 aliphatic heterocycles. The van der Waals surface area contributed by atoms with E-state index >= 15 is 0 Å². The molecule has 3 N–H and O–H groups in total. The number of fused-ring (bicyclic) bond motifs is 7. The van der Waals surface area contributed by atoms with E-state index in [9.17, 15) is 20.1 Å². The van der Waals surface area contributed by atoms with Crippen LogP contribution in [0.3, 0.4) is 0 Å². The average Bonchev–Trinajstić information content (AvgIpc) is 2.75. The Morgan fingerprint density at radius 2 is 1.59 bits per heavy atom. The molecule has 4 nitrogen and oxygen atoms in total. The Bertz CT molecular complexity index is 909. The number of hydrogen-bond acceptors (Lipinski definition) is 3. The van der Waals surface area contributed by atoms with Gasteiger partial charge in [0.15, 0.2) is 0 Å². The molecule has 0 saturated heterocycles. The van der Waals surface area contributed by atoms with Gasteiger partial charge in [-0.2, -0.15) is 0 Å². The van der Waals surface area contributed by atoms with Crippen molar-refractivity contribution in [1.82, 2.24) is 0 Å². The summed E-state index contributed by atoms with van der Waals surface area (Å²) in [5.41, 5.74) is -2.46. The van der Waals surface area contributed by atoms with E-state index in [1.807, 2.05) is 0 Å². The minimum absolute atomic E-state index is 0.0728. The van der Waals surface area contributed by atoms with E-state index in [2.05, 4.69) is 60.6 Å². The first kappa shape index (κ1) is 24.8. The first-order chi connectivity index (χ1) is 15.6. The zero-order valence-corrected chi connectivity index (χ0v) is 22.5. The maximum absolute atomic E-state index is 12.8. The van der Waals surface area contributed by atoms with Gasteiger partial charge in [-0.05, 0) is 91.3 Å². The second-order valence-corrected chi connectivity index (χ2v) is 14.7. The summed E-state index contributed by atoms with van der Waals surface area (Å²) in [4.78, 5) is 12.8. The van der Waals surface area contributed by atoms with Crippen LogP contribution >= 0.6 is 0 Å². The van der Waals surface area contributed by atoms with Gasteiger partial charge in [0.25, 0.3) is 0 Å². The molecule has 34 heavy (non-hydrogen) atoms. The van der Waals surface area contributed by atoms with Crippen molar-refractivity contribution < 1.29 is 20.1 Å². The number of aliphatic carboxylic acids is 1. The average molecular weight is 473 g/mol. The Morgan fingerprint density at radius 3 is 2.24 bits per heavy atom. The molecule has 5 aliphatic carbocycles. The Balaban J connectivity index is 1.66. The molecule has 0 heterocycles. The predicted octanol–water partition coefficient (Wildman–Crippen LogP) is 6.06.